The zero-order chi connectivity index (χ0) is 25.0. The third-order valence-electron chi connectivity index (χ3n) is 9.16. The van der Waals surface area contributed by atoms with Crippen LogP contribution in [0.3, 0.4) is 0 Å². The van der Waals surface area contributed by atoms with Crippen molar-refractivity contribution >= 4 is 98.1 Å². The van der Waals surface area contributed by atoms with Gasteiger partial charge < -0.3 is 13.2 Å². The smallest absolute Gasteiger partial charge is 0.145 e. The number of benzene rings is 6. The van der Waals surface area contributed by atoms with Gasteiger partial charge in [0.2, 0.25) is 0 Å². The van der Waals surface area contributed by atoms with Crippen LogP contribution in [0.5, 0.6) is 0 Å². The summed E-state index contributed by atoms with van der Waals surface area (Å²) in [4.78, 5) is 0. The first-order valence-corrected chi connectivity index (χ1v) is 13.5. The summed E-state index contributed by atoms with van der Waals surface area (Å²) in [5, 5.41) is 12.7. The summed E-state index contributed by atoms with van der Waals surface area (Å²) in [5.41, 5.74) is 9.51. The van der Waals surface area contributed by atoms with Gasteiger partial charge >= 0.3 is 0 Å². The molecule has 0 bridgehead atoms. The summed E-state index contributed by atoms with van der Waals surface area (Å²) < 4.78 is 11.5. The third-order valence-corrected chi connectivity index (χ3v) is 9.16. The van der Waals surface area contributed by atoms with Crippen LogP contribution in [0, 0.1) is 0 Å². The molecule has 0 aliphatic rings. The van der Waals surface area contributed by atoms with Gasteiger partial charge in [0.25, 0.3) is 0 Å². The van der Waals surface area contributed by atoms with E-state index in [0.29, 0.717) is 0 Å². The standard InChI is InChI=1S/C36H18N2O/c1-4-13-26-19(8-1)25-18-29-31(33-22-10-2-5-14-27(22)37(26)35(25)33)23-11-7-12-24-32-28(38(29)34(23)24)17-16-21-20-9-3-6-15-30(20)39-36(21)32/h1-18H. The van der Waals surface area contributed by atoms with E-state index >= 15 is 0 Å². The van der Waals surface area contributed by atoms with Gasteiger partial charge in [-0.2, -0.15) is 0 Å². The maximum Gasteiger partial charge on any atom is 0.145 e. The number of nitrogens with zero attached hydrogens (tertiary/aromatic N) is 2. The third kappa shape index (κ3) is 1.92. The van der Waals surface area contributed by atoms with Crippen molar-refractivity contribution < 1.29 is 4.42 Å². The van der Waals surface area contributed by atoms with Gasteiger partial charge in [0.1, 0.15) is 11.2 Å². The van der Waals surface area contributed by atoms with E-state index < -0.39 is 0 Å². The molecule has 0 aliphatic carbocycles. The van der Waals surface area contributed by atoms with E-state index in [0.717, 1.165) is 11.2 Å². The van der Waals surface area contributed by atoms with Crippen molar-refractivity contribution in [3.63, 3.8) is 0 Å². The molecule has 11 rings (SSSR count). The van der Waals surface area contributed by atoms with Crippen LogP contribution in [0.2, 0.25) is 0 Å². The normalized spacial score (nSPS) is 13.1. The molecule has 0 amide bonds. The summed E-state index contributed by atoms with van der Waals surface area (Å²) in [6.07, 6.45) is 0. The van der Waals surface area contributed by atoms with Gasteiger partial charge in [-0.1, -0.05) is 72.8 Å². The Bertz CT molecular complexity index is 2820. The van der Waals surface area contributed by atoms with Gasteiger partial charge in [0.15, 0.2) is 0 Å². The van der Waals surface area contributed by atoms with E-state index in [4.69, 9.17) is 4.42 Å². The molecule has 0 saturated carbocycles. The molecule has 5 heterocycles. The lowest BCUT2D eigenvalue weighted by Crippen LogP contribution is -1.82. The van der Waals surface area contributed by atoms with Crippen LogP contribution < -0.4 is 0 Å². The Kier molecular flexibility index (Phi) is 2.93. The van der Waals surface area contributed by atoms with Crippen LogP contribution >= 0.6 is 0 Å². The lowest BCUT2D eigenvalue weighted by atomic mass is 10.0. The minimum absolute atomic E-state index is 0.939. The highest BCUT2D eigenvalue weighted by Crippen LogP contribution is 2.49. The maximum absolute atomic E-state index is 6.54. The zero-order valence-corrected chi connectivity index (χ0v) is 20.7. The first kappa shape index (κ1) is 18.9. The van der Waals surface area contributed by atoms with Crippen molar-refractivity contribution in [2.75, 3.05) is 0 Å². The number of rotatable bonds is 0. The Labute approximate surface area is 220 Å². The summed E-state index contributed by atoms with van der Waals surface area (Å²) in [6, 6.07) is 39.8. The van der Waals surface area contributed by atoms with Crippen LogP contribution in [-0.2, 0) is 0 Å². The second kappa shape index (κ2) is 6.06. The first-order chi connectivity index (χ1) is 19.4. The van der Waals surface area contributed by atoms with Gasteiger partial charge in [-0.15, -0.1) is 0 Å². The Morgan fingerprint density at radius 2 is 1.05 bits per heavy atom. The van der Waals surface area contributed by atoms with Crippen molar-refractivity contribution in [3.8, 4) is 0 Å². The molecular formula is C36H18N2O. The molecular weight excluding hydrogens is 476 g/mol. The van der Waals surface area contributed by atoms with Crippen molar-refractivity contribution in [2.45, 2.75) is 0 Å². The van der Waals surface area contributed by atoms with Crippen molar-refractivity contribution in [1.82, 2.24) is 8.80 Å². The molecule has 0 saturated heterocycles. The molecule has 5 aromatic heterocycles. The lowest BCUT2D eigenvalue weighted by Gasteiger charge is -2.02. The van der Waals surface area contributed by atoms with Gasteiger partial charge in [-0.05, 0) is 36.4 Å². The molecule has 0 N–H and O–H groups in total. The Morgan fingerprint density at radius 1 is 0.385 bits per heavy atom. The Hall–Kier alpha value is -5.28. The second-order valence-electron chi connectivity index (χ2n) is 10.9. The van der Waals surface area contributed by atoms with E-state index in [1.54, 1.807) is 0 Å². The number of hydrogen-bond donors (Lipinski definition) is 0. The maximum atomic E-state index is 6.54. The van der Waals surface area contributed by atoms with E-state index in [2.05, 4.69) is 112 Å². The molecule has 11 aromatic rings. The first-order valence-electron chi connectivity index (χ1n) is 13.5. The number of para-hydroxylation sites is 4. The predicted molar refractivity (Wildman–Crippen MR) is 163 cm³/mol. The zero-order valence-electron chi connectivity index (χ0n) is 20.7. The van der Waals surface area contributed by atoms with Gasteiger partial charge in [-0.3, -0.25) is 0 Å². The minimum atomic E-state index is 0.939. The molecule has 0 unspecified atom stereocenters. The summed E-state index contributed by atoms with van der Waals surface area (Å²) in [7, 11) is 0. The fourth-order valence-corrected chi connectivity index (χ4v) is 7.74. The molecule has 39 heavy (non-hydrogen) atoms. The van der Waals surface area contributed by atoms with Gasteiger partial charge in [-0.25, -0.2) is 0 Å². The quantitative estimate of drug-likeness (QED) is 0.206. The van der Waals surface area contributed by atoms with Crippen molar-refractivity contribution in [3.05, 3.63) is 109 Å². The highest BCUT2D eigenvalue weighted by molar-refractivity contribution is 6.39. The second-order valence-corrected chi connectivity index (χ2v) is 10.9. The number of hydrogen-bond acceptors (Lipinski definition) is 1. The number of fused-ring (bicyclic) bond motifs is 17. The number of furan rings is 1. The highest BCUT2D eigenvalue weighted by Gasteiger charge is 2.26. The van der Waals surface area contributed by atoms with Crippen LogP contribution in [0.25, 0.3) is 98.1 Å². The van der Waals surface area contributed by atoms with Crippen LogP contribution in [0.4, 0.5) is 0 Å². The Morgan fingerprint density at radius 3 is 1.92 bits per heavy atom. The molecule has 0 atom stereocenters. The fourth-order valence-electron chi connectivity index (χ4n) is 7.74. The number of aromatic nitrogens is 2. The van der Waals surface area contributed by atoms with E-state index in [1.165, 1.54) is 87.0 Å². The molecule has 0 spiro atoms. The summed E-state index contributed by atoms with van der Waals surface area (Å²) in [6.45, 7) is 0. The van der Waals surface area contributed by atoms with E-state index in [9.17, 15) is 0 Å². The fraction of sp³-hybridized carbons (Fsp3) is 0. The lowest BCUT2D eigenvalue weighted by molar-refractivity contribution is 0.673. The van der Waals surface area contributed by atoms with Gasteiger partial charge in [0, 0.05) is 48.5 Å². The summed E-state index contributed by atoms with van der Waals surface area (Å²) >= 11 is 0. The van der Waals surface area contributed by atoms with Crippen LogP contribution in [0.1, 0.15) is 0 Å². The van der Waals surface area contributed by atoms with Crippen molar-refractivity contribution in [2.24, 2.45) is 0 Å². The topological polar surface area (TPSA) is 22.0 Å². The molecule has 0 fully saturated rings. The largest absolute Gasteiger partial charge is 0.455 e. The van der Waals surface area contributed by atoms with Crippen LogP contribution in [0.15, 0.2) is 114 Å². The highest BCUT2D eigenvalue weighted by atomic mass is 16.3. The monoisotopic (exact) mass is 494 g/mol. The summed E-state index contributed by atoms with van der Waals surface area (Å²) in [5.74, 6) is 0. The van der Waals surface area contributed by atoms with E-state index in [1.807, 2.05) is 6.07 Å². The molecule has 3 heteroatoms. The average molecular weight is 495 g/mol. The molecule has 3 nitrogen and oxygen atoms in total. The van der Waals surface area contributed by atoms with Gasteiger partial charge in [0.05, 0.1) is 38.5 Å². The van der Waals surface area contributed by atoms with E-state index in [-0.39, 0.29) is 0 Å². The molecule has 0 aliphatic heterocycles. The average Bonchev–Trinajstić information content (AvgIpc) is 3.76. The Balaban J connectivity index is 1.49. The minimum Gasteiger partial charge on any atom is -0.455 e. The van der Waals surface area contributed by atoms with Crippen LogP contribution in [-0.4, -0.2) is 8.80 Å². The molecule has 0 radical (unpaired) electrons. The van der Waals surface area contributed by atoms with Crippen molar-refractivity contribution in [1.29, 1.82) is 0 Å². The SMILES string of the molecule is c1ccc2c(c1)oc1c2ccc2c1c1cccc3c4c5c6ccccc6n6c7ccccc7c(cc4n2c13)c56. The molecule has 178 valence electrons. The predicted octanol–water partition coefficient (Wildman–Crippen LogP) is 9.89. The molecule has 6 aromatic carbocycles.